The number of halogens is 1. The summed E-state index contributed by atoms with van der Waals surface area (Å²) in [5.74, 6) is 0.815. The van der Waals surface area contributed by atoms with Crippen LogP contribution < -0.4 is 4.74 Å². The Bertz CT molecular complexity index is 355. The summed E-state index contributed by atoms with van der Waals surface area (Å²) in [6.45, 7) is 1.98. The maximum absolute atomic E-state index is 9.61. The van der Waals surface area contributed by atoms with Gasteiger partial charge >= 0.3 is 0 Å². The molecule has 2 rings (SSSR count). The smallest absolute Gasteiger partial charge is 0.160 e. The van der Waals surface area contributed by atoms with Crippen LogP contribution in [0.15, 0.2) is 12.1 Å². The van der Waals surface area contributed by atoms with Gasteiger partial charge in [-0.3, -0.25) is 0 Å². The minimum atomic E-state index is 0. The number of benzene rings is 1. The van der Waals surface area contributed by atoms with Gasteiger partial charge in [-0.1, -0.05) is 0 Å². The number of rotatable bonds is 1. The van der Waals surface area contributed by atoms with Crippen molar-refractivity contribution in [3.63, 3.8) is 0 Å². The predicted octanol–water partition coefficient (Wildman–Crippen LogP) is 1.97. The lowest BCUT2D eigenvalue weighted by Gasteiger charge is -2.25. The highest BCUT2D eigenvalue weighted by molar-refractivity contribution is 8.93. The van der Waals surface area contributed by atoms with Gasteiger partial charge in [0, 0.05) is 13.1 Å². The first-order valence-electron chi connectivity index (χ1n) is 4.78. The second kappa shape index (κ2) is 4.86. The molecule has 0 unspecified atom stereocenters. The van der Waals surface area contributed by atoms with Gasteiger partial charge in [0.1, 0.15) is 0 Å². The highest BCUT2D eigenvalue weighted by atomic mass is 79.9. The molecule has 0 saturated heterocycles. The standard InChI is InChI=1S/C11H15NO2.BrH/c1-12-4-3-8-6-11(14-2)10(13)5-9(8)7-12;/h5-6,13H,3-4,7H2,1-2H3;1H. The molecule has 0 aliphatic carbocycles. The molecule has 1 aromatic rings. The van der Waals surface area contributed by atoms with Gasteiger partial charge in [-0.15, -0.1) is 17.0 Å². The van der Waals surface area contributed by atoms with Crippen molar-refractivity contribution in [1.82, 2.24) is 4.90 Å². The van der Waals surface area contributed by atoms with Crippen molar-refractivity contribution in [2.24, 2.45) is 0 Å². The zero-order chi connectivity index (χ0) is 10.1. The molecular weight excluding hydrogens is 258 g/mol. The molecule has 15 heavy (non-hydrogen) atoms. The number of likely N-dealkylation sites (N-methyl/N-ethyl adjacent to an activating group) is 1. The van der Waals surface area contributed by atoms with Gasteiger partial charge in [-0.05, 0) is 36.7 Å². The minimum Gasteiger partial charge on any atom is -0.504 e. The predicted molar refractivity (Wildman–Crippen MR) is 65.0 cm³/mol. The van der Waals surface area contributed by atoms with Crippen molar-refractivity contribution in [3.05, 3.63) is 23.3 Å². The van der Waals surface area contributed by atoms with E-state index in [-0.39, 0.29) is 22.7 Å². The Morgan fingerprint density at radius 2 is 2.07 bits per heavy atom. The lowest BCUT2D eigenvalue weighted by atomic mass is 9.99. The van der Waals surface area contributed by atoms with Crippen LogP contribution in [0, 0.1) is 0 Å². The number of hydrogen-bond acceptors (Lipinski definition) is 3. The number of ether oxygens (including phenoxy) is 1. The Morgan fingerprint density at radius 1 is 1.33 bits per heavy atom. The lowest BCUT2D eigenvalue weighted by molar-refractivity contribution is 0.309. The van der Waals surface area contributed by atoms with Crippen LogP contribution >= 0.6 is 17.0 Å². The maximum Gasteiger partial charge on any atom is 0.160 e. The molecule has 0 aromatic heterocycles. The van der Waals surface area contributed by atoms with Crippen LogP contribution in [0.5, 0.6) is 11.5 Å². The number of fused-ring (bicyclic) bond motifs is 1. The fourth-order valence-electron chi connectivity index (χ4n) is 1.88. The topological polar surface area (TPSA) is 32.7 Å². The molecule has 0 amide bonds. The zero-order valence-electron chi connectivity index (χ0n) is 8.99. The van der Waals surface area contributed by atoms with Crippen molar-refractivity contribution >= 4 is 17.0 Å². The van der Waals surface area contributed by atoms with Crippen molar-refractivity contribution in [1.29, 1.82) is 0 Å². The number of hydrogen-bond donors (Lipinski definition) is 1. The molecule has 0 radical (unpaired) electrons. The number of phenols is 1. The molecule has 1 N–H and O–H groups in total. The Labute approximate surface area is 100 Å². The summed E-state index contributed by atoms with van der Waals surface area (Å²) < 4.78 is 5.07. The molecule has 0 fully saturated rings. The second-order valence-electron chi connectivity index (χ2n) is 3.78. The molecule has 1 aromatic carbocycles. The molecule has 1 heterocycles. The van der Waals surface area contributed by atoms with Gasteiger partial charge in [0.15, 0.2) is 11.5 Å². The minimum absolute atomic E-state index is 0. The highest BCUT2D eigenvalue weighted by Crippen LogP contribution is 2.31. The van der Waals surface area contributed by atoms with Crippen LogP contribution in [0.4, 0.5) is 0 Å². The molecular formula is C11H16BrNO2. The Hall–Kier alpha value is -0.740. The number of nitrogens with zero attached hydrogens (tertiary/aromatic N) is 1. The molecule has 0 bridgehead atoms. The first-order chi connectivity index (χ1) is 6.70. The van der Waals surface area contributed by atoms with Gasteiger partial charge < -0.3 is 14.7 Å². The molecule has 4 heteroatoms. The second-order valence-corrected chi connectivity index (χ2v) is 3.78. The summed E-state index contributed by atoms with van der Waals surface area (Å²) >= 11 is 0. The fraction of sp³-hybridized carbons (Fsp3) is 0.455. The summed E-state index contributed by atoms with van der Waals surface area (Å²) in [7, 11) is 3.67. The van der Waals surface area contributed by atoms with Crippen molar-refractivity contribution in [2.75, 3.05) is 20.7 Å². The van der Waals surface area contributed by atoms with Crippen LogP contribution in [0.3, 0.4) is 0 Å². The fourth-order valence-corrected chi connectivity index (χ4v) is 1.88. The van der Waals surface area contributed by atoms with Crippen LogP contribution in [-0.2, 0) is 13.0 Å². The molecule has 3 nitrogen and oxygen atoms in total. The van der Waals surface area contributed by atoms with Gasteiger partial charge in [-0.2, -0.15) is 0 Å². The van der Waals surface area contributed by atoms with Crippen LogP contribution in [0.2, 0.25) is 0 Å². The van der Waals surface area contributed by atoms with Gasteiger partial charge in [0.25, 0.3) is 0 Å². The van der Waals surface area contributed by atoms with E-state index in [4.69, 9.17) is 4.74 Å². The number of phenolic OH excluding ortho intramolecular Hbond substituents is 1. The molecule has 0 saturated carbocycles. The van der Waals surface area contributed by atoms with E-state index in [0.717, 1.165) is 19.5 Å². The third-order valence-electron chi connectivity index (χ3n) is 2.70. The van der Waals surface area contributed by atoms with E-state index in [1.165, 1.54) is 11.1 Å². The van der Waals surface area contributed by atoms with E-state index >= 15 is 0 Å². The molecule has 0 spiro atoms. The Morgan fingerprint density at radius 3 is 2.73 bits per heavy atom. The van der Waals surface area contributed by atoms with Gasteiger partial charge in [-0.25, -0.2) is 0 Å². The van der Waals surface area contributed by atoms with Crippen LogP contribution in [-0.4, -0.2) is 30.7 Å². The van der Waals surface area contributed by atoms with Crippen molar-refractivity contribution in [2.45, 2.75) is 13.0 Å². The Balaban J connectivity index is 0.00000112. The summed E-state index contributed by atoms with van der Waals surface area (Å²) in [5, 5.41) is 9.61. The van der Waals surface area contributed by atoms with Crippen LogP contribution in [0.1, 0.15) is 11.1 Å². The summed E-state index contributed by atoms with van der Waals surface area (Å²) in [6, 6.07) is 3.75. The maximum atomic E-state index is 9.61. The molecule has 1 aliphatic rings. The number of aromatic hydroxyl groups is 1. The first-order valence-corrected chi connectivity index (χ1v) is 4.78. The monoisotopic (exact) mass is 273 g/mol. The van der Waals surface area contributed by atoms with Crippen LogP contribution in [0.25, 0.3) is 0 Å². The third-order valence-corrected chi connectivity index (χ3v) is 2.70. The highest BCUT2D eigenvalue weighted by Gasteiger charge is 2.15. The number of methoxy groups -OCH3 is 1. The lowest BCUT2D eigenvalue weighted by Crippen LogP contribution is -2.26. The largest absolute Gasteiger partial charge is 0.504 e. The van der Waals surface area contributed by atoms with E-state index in [2.05, 4.69) is 11.9 Å². The van der Waals surface area contributed by atoms with Gasteiger partial charge in [0.2, 0.25) is 0 Å². The summed E-state index contributed by atoms with van der Waals surface area (Å²) in [6.07, 6.45) is 1.03. The average molecular weight is 274 g/mol. The van der Waals surface area contributed by atoms with E-state index < -0.39 is 0 Å². The zero-order valence-corrected chi connectivity index (χ0v) is 10.7. The first kappa shape index (κ1) is 12.3. The quantitative estimate of drug-likeness (QED) is 0.849. The van der Waals surface area contributed by atoms with E-state index in [0.29, 0.717) is 5.75 Å². The molecule has 84 valence electrons. The summed E-state index contributed by atoms with van der Waals surface area (Å²) in [5.41, 5.74) is 2.50. The summed E-state index contributed by atoms with van der Waals surface area (Å²) in [4.78, 5) is 2.24. The van der Waals surface area contributed by atoms with Crippen molar-refractivity contribution in [3.8, 4) is 11.5 Å². The third kappa shape index (κ3) is 2.44. The van der Waals surface area contributed by atoms with E-state index in [1.807, 2.05) is 12.1 Å². The normalized spacial score (nSPS) is 15.3. The average Bonchev–Trinajstić information content (AvgIpc) is 2.16. The molecule has 0 atom stereocenters. The Kier molecular flexibility index (Phi) is 3.99. The van der Waals surface area contributed by atoms with Gasteiger partial charge in [0.05, 0.1) is 7.11 Å². The SMILES string of the molecule is Br.COc1cc2c(cc1O)CN(C)CC2. The van der Waals surface area contributed by atoms with E-state index in [9.17, 15) is 5.11 Å². The van der Waals surface area contributed by atoms with Crippen molar-refractivity contribution < 1.29 is 9.84 Å². The van der Waals surface area contributed by atoms with E-state index in [1.54, 1.807) is 7.11 Å². The molecule has 1 aliphatic heterocycles.